The Kier molecular flexibility index (Phi) is 19.6. The van der Waals surface area contributed by atoms with Gasteiger partial charge in [0.1, 0.15) is 0 Å². The van der Waals surface area contributed by atoms with Crippen molar-refractivity contribution < 1.29 is 21.1 Å². The van der Waals surface area contributed by atoms with E-state index < -0.39 is 0 Å². The number of hydrogen-bond donors (Lipinski definition) is 8. The van der Waals surface area contributed by atoms with Crippen molar-refractivity contribution in [3.63, 3.8) is 0 Å². The molecule has 0 amide bonds. The molecule has 0 spiro atoms. The fourth-order valence-electron chi connectivity index (χ4n) is 1.72. The molecule has 0 bridgehead atoms. The smallest absolute Gasteiger partial charge is 0.0650 e. The summed E-state index contributed by atoms with van der Waals surface area (Å²) < 4.78 is 0. The van der Waals surface area contributed by atoms with Crippen molar-refractivity contribution >= 4 is 0 Å². The Balaban J connectivity index is 0.000000303. The van der Waals surface area contributed by atoms with E-state index in [-0.39, 0.29) is 21.1 Å². The molecule has 4 rings (SSSR count). The van der Waals surface area contributed by atoms with Gasteiger partial charge in [0.05, 0.1) is 26.7 Å². The molecule has 0 saturated heterocycles. The van der Waals surface area contributed by atoms with E-state index in [4.69, 9.17) is 0 Å². The molecule has 0 fully saturated rings. The minimum absolute atomic E-state index is 0. The van der Waals surface area contributed by atoms with Gasteiger partial charge in [0.2, 0.25) is 0 Å². The van der Waals surface area contributed by atoms with E-state index in [0.29, 0.717) is 0 Å². The largest absolute Gasteiger partial charge is 0.379 e. The molecule has 4 aliphatic rings. The third-order valence-corrected chi connectivity index (χ3v) is 2.90. The molecule has 0 saturated carbocycles. The van der Waals surface area contributed by atoms with Gasteiger partial charge >= 0.3 is 0 Å². The Labute approximate surface area is 165 Å². The van der Waals surface area contributed by atoms with E-state index in [9.17, 15) is 0 Å². The van der Waals surface area contributed by atoms with Crippen molar-refractivity contribution in [3.8, 4) is 0 Å². The second-order valence-corrected chi connectivity index (χ2v) is 4.95. The average Bonchev–Trinajstić information content (AvgIpc) is 2.75. The van der Waals surface area contributed by atoms with Crippen LogP contribution in [-0.2, 0) is 21.1 Å². The molecular weight excluding hydrogens is 488 g/mol. The molecule has 0 unspecified atom stereocenters. The van der Waals surface area contributed by atoms with Gasteiger partial charge in [-0.05, 0) is 24.8 Å². The van der Waals surface area contributed by atoms with Crippen molar-refractivity contribution in [3.05, 3.63) is 49.1 Å². The zero-order valence-electron chi connectivity index (χ0n) is 14.7. The van der Waals surface area contributed by atoms with Crippen LogP contribution in [0.3, 0.4) is 0 Å². The molecule has 0 aromatic rings. The van der Waals surface area contributed by atoms with Crippen LogP contribution in [0.15, 0.2) is 49.1 Å². The third-order valence-electron chi connectivity index (χ3n) is 2.90. The van der Waals surface area contributed by atoms with Gasteiger partial charge in [0.15, 0.2) is 0 Å². The quantitative estimate of drug-likeness (QED) is 0.198. The van der Waals surface area contributed by atoms with Crippen molar-refractivity contribution in [1.82, 2.24) is 42.5 Å². The molecular formula is C16H32N8W. The van der Waals surface area contributed by atoms with Gasteiger partial charge in [-0.3, -0.25) is 21.3 Å². The normalized spacial score (nSPS) is 19.2. The molecule has 8 N–H and O–H groups in total. The van der Waals surface area contributed by atoms with Gasteiger partial charge in [-0.1, -0.05) is 24.3 Å². The summed E-state index contributed by atoms with van der Waals surface area (Å²) in [6.07, 6.45) is 16.0. The van der Waals surface area contributed by atoms with Gasteiger partial charge in [0.25, 0.3) is 0 Å². The Morgan fingerprint density at radius 1 is 0.400 bits per heavy atom. The van der Waals surface area contributed by atoms with Gasteiger partial charge in [-0.2, -0.15) is 0 Å². The monoisotopic (exact) mass is 520 g/mol. The third kappa shape index (κ3) is 18.9. The topological polar surface area (TPSA) is 96.2 Å². The number of hydrogen-bond acceptors (Lipinski definition) is 8. The van der Waals surface area contributed by atoms with Crippen LogP contribution >= 0.6 is 0 Å². The van der Waals surface area contributed by atoms with Gasteiger partial charge < -0.3 is 21.3 Å². The summed E-state index contributed by atoms with van der Waals surface area (Å²) in [7, 11) is 0. The van der Waals surface area contributed by atoms with Gasteiger partial charge in [0, 0.05) is 47.2 Å². The van der Waals surface area contributed by atoms with Crippen LogP contribution in [0.2, 0.25) is 0 Å². The minimum Gasteiger partial charge on any atom is -0.379 e. The van der Waals surface area contributed by atoms with E-state index in [2.05, 4.69) is 42.5 Å². The molecule has 0 atom stereocenters. The maximum absolute atomic E-state index is 3.09. The van der Waals surface area contributed by atoms with Crippen molar-refractivity contribution in [1.29, 1.82) is 0 Å². The molecule has 4 heterocycles. The SMILES string of the molecule is C1=CNCNC1.C1=CNCNC1.C1=CNCNC1.C1=CNCNC1.[W]. The first-order chi connectivity index (χ1) is 12.0. The summed E-state index contributed by atoms with van der Waals surface area (Å²) >= 11 is 0. The minimum atomic E-state index is 0. The first-order valence-electron chi connectivity index (χ1n) is 8.36. The van der Waals surface area contributed by atoms with E-state index in [0.717, 1.165) is 52.9 Å². The predicted octanol–water partition coefficient (Wildman–Crippen LogP) is -1.40. The summed E-state index contributed by atoms with van der Waals surface area (Å²) in [5, 5.41) is 24.3. The van der Waals surface area contributed by atoms with Crippen molar-refractivity contribution in [2.75, 3.05) is 52.9 Å². The molecule has 25 heavy (non-hydrogen) atoms. The summed E-state index contributed by atoms with van der Waals surface area (Å²) in [4.78, 5) is 0. The second kappa shape index (κ2) is 20.7. The fraction of sp³-hybridized carbons (Fsp3) is 0.500. The van der Waals surface area contributed by atoms with E-state index >= 15 is 0 Å². The second-order valence-electron chi connectivity index (χ2n) is 4.95. The maximum atomic E-state index is 3.09. The maximum Gasteiger partial charge on any atom is 0.0650 e. The van der Waals surface area contributed by atoms with Crippen LogP contribution in [0.1, 0.15) is 0 Å². The zero-order valence-corrected chi connectivity index (χ0v) is 17.6. The van der Waals surface area contributed by atoms with Gasteiger partial charge in [-0.25, -0.2) is 0 Å². The van der Waals surface area contributed by atoms with Crippen LogP contribution in [-0.4, -0.2) is 52.9 Å². The average molecular weight is 520 g/mol. The van der Waals surface area contributed by atoms with Crippen LogP contribution in [0.4, 0.5) is 0 Å². The van der Waals surface area contributed by atoms with E-state index in [1.165, 1.54) is 0 Å². The standard InChI is InChI=1S/4C4H8N2.W/c4*1-2-5-4-6-3-1;/h4*1-2,5-6H,3-4H2;. The Bertz CT molecular complexity index is 280. The van der Waals surface area contributed by atoms with E-state index in [1.54, 1.807) is 0 Å². The molecule has 8 nitrogen and oxygen atoms in total. The molecule has 0 aromatic heterocycles. The number of nitrogens with one attached hydrogen (secondary N) is 8. The molecule has 142 valence electrons. The van der Waals surface area contributed by atoms with Crippen LogP contribution in [0.5, 0.6) is 0 Å². The first-order valence-corrected chi connectivity index (χ1v) is 8.36. The molecule has 0 radical (unpaired) electrons. The molecule has 0 aliphatic carbocycles. The van der Waals surface area contributed by atoms with Crippen molar-refractivity contribution in [2.24, 2.45) is 0 Å². The van der Waals surface area contributed by atoms with Crippen molar-refractivity contribution in [2.45, 2.75) is 0 Å². The summed E-state index contributed by atoms with van der Waals surface area (Å²) in [5.74, 6) is 0. The predicted molar refractivity (Wildman–Crippen MR) is 101 cm³/mol. The number of rotatable bonds is 0. The summed E-state index contributed by atoms with van der Waals surface area (Å²) in [6, 6.07) is 0. The van der Waals surface area contributed by atoms with Crippen LogP contribution in [0.25, 0.3) is 0 Å². The molecule has 4 aliphatic heterocycles. The summed E-state index contributed by atoms with van der Waals surface area (Å²) in [6.45, 7) is 7.68. The Hall–Kier alpha value is -1.31. The Morgan fingerprint density at radius 2 is 0.640 bits per heavy atom. The van der Waals surface area contributed by atoms with Gasteiger partial charge in [-0.15, -0.1) is 0 Å². The molecule has 9 heteroatoms. The molecule has 0 aromatic carbocycles. The fourth-order valence-corrected chi connectivity index (χ4v) is 1.72. The summed E-state index contributed by atoms with van der Waals surface area (Å²) in [5.41, 5.74) is 0. The van der Waals surface area contributed by atoms with E-state index in [1.807, 2.05) is 49.1 Å². The Morgan fingerprint density at radius 3 is 0.680 bits per heavy atom. The zero-order chi connectivity index (χ0) is 17.0. The van der Waals surface area contributed by atoms with Crippen LogP contribution < -0.4 is 42.5 Å². The van der Waals surface area contributed by atoms with Crippen LogP contribution in [0, 0.1) is 0 Å². The first kappa shape index (κ1) is 23.7.